The molecule has 0 aliphatic carbocycles. The standard InChI is InChI=1S/C28H26N4O3.ClH/c1-18-29-23-15-16-32(24-9-5-4-8-22(24)27(23)30-18)28(34)19-11-13-21(14-12-19)31-26(33)17-20-7-3-6-10-25(20)35-2;/h3-14H,15-17H2,1-2H3,(H,29,30)(H,31,33);1H. The fraction of sp³-hybridized carbons (Fsp3) is 0.179. The number of imidazole rings is 1. The molecule has 0 unspecified atom stereocenters. The Kier molecular flexibility index (Phi) is 7.41. The third-order valence-electron chi connectivity index (χ3n) is 6.14. The van der Waals surface area contributed by atoms with E-state index in [1.807, 2.05) is 55.5 Å². The summed E-state index contributed by atoms with van der Waals surface area (Å²) in [7, 11) is 1.59. The van der Waals surface area contributed by atoms with Crippen molar-refractivity contribution in [1.82, 2.24) is 9.97 Å². The summed E-state index contributed by atoms with van der Waals surface area (Å²) in [6, 6.07) is 22.3. The van der Waals surface area contributed by atoms with Gasteiger partial charge >= 0.3 is 0 Å². The quantitative estimate of drug-likeness (QED) is 0.392. The van der Waals surface area contributed by atoms with E-state index in [1.165, 1.54) is 0 Å². The first kappa shape index (κ1) is 25.0. The van der Waals surface area contributed by atoms with Gasteiger partial charge in [-0.1, -0.05) is 36.4 Å². The molecule has 2 heterocycles. The zero-order valence-electron chi connectivity index (χ0n) is 20.1. The summed E-state index contributed by atoms with van der Waals surface area (Å²) < 4.78 is 5.32. The Labute approximate surface area is 215 Å². The number of H-pyrrole nitrogens is 1. The molecule has 1 aliphatic heterocycles. The lowest BCUT2D eigenvalue weighted by molar-refractivity contribution is -0.115. The van der Waals surface area contributed by atoms with E-state index < -0.39 is 0 Å². The summed E-state index contributed by atoms with van der Waals surface area (Å²) in [5, 5.41) is 2.89. The number of ether oxygens (including phenoxy) is 1. The number of amides is 2. The Morgan fingerprint density at radius 1 is 1.03 bits per heavy atom. The maximum atomic E-state index is 13.5. The number of fused-ring (bicyclic) bond motifs is 3. The minimum absolute atomic E-state index is 0. The van der Waals surface area contributed by atoms with Crippen LogP contribution >= 0.6 is 12.4 Å². The van der Waals surface area contributed by atoms with Crippen LogP contribution in [-0.4, -0.2) is 35.4 Å². The molecule has 0 spiro atoms. The van der Waals surface area contributed by atoms with E-state index in [0.29, 0.717) is 30.0 Å². The third kappa shape index (κ3) is 4.97. The summed E-state index contributed by atoms with van der Waals surface area (Å²) >= 11 is 0. The number of hydrogen-bond acceptors (Lipinski definition) is 4. The number of aromatic nitrogens is 2. The number of rotatable bonds is 5. The topological polar surface area (TPSA) is 87.3 Å². The van der Waals surface area contributed by atoms with E-state index in [0.717, 1.165) is 34.0 Å². The molecule has 184 valence electrons. The van der Waals surface area contributed by atoms with Gasteiger partial charge in [-0.05, 0) is 43.3 Å². The van der Waals surface area contributed by atoms with Crippen molar-refractivity contribution in [3.8, 4) is 17.0 Å². The molecule has 2 amide bonds. The molecular weight excluding hydrogens is 476 g/mol. The second-order valence-electron chi connectivity index (χ2n) is 8.48. The number of aromatic amines is 1. The van der Waals surface area contributed by atoms with Crippen LogP contribution in [-0.2, 0) is 17.6 Å². The molecule has 0 saturated heterocycles. The number of carbonyl (C=O) groups excluding carboxylic acids is 2. The number of nitrogens with zero attached hydrogens (tertiary/aromatic N) is 2. The largest absolute Gasteiger partial charge is 0.496 e. The lowest BCUT2D eigenvalue weighted by Gasteiger charge is -2.23. The molecule has 0 atom stereocenters. The predicted molar refractivity (Wildman–Crippen MR) is 143 cm³/mol. The van der Waals surface area contributed by atoms with Gasteiger partial charge in [0.25, 0.3) is 5.91 Å². The number of aryl methyl sites for hydroxylation is 1. The molecule has 0 radical (unpaired) electrons. The Hall–Kier alpha value is -4.10. The highest BCUT2D eigenvalue weighted by Gasteiger charge is 2.26. The Morgan fingerprint density at radius 2 is 1.75 bits per heavy atom. The molecule has 0 fully saturated rings. The Balaban J connectivity index is 0.00000304. The Bertz CT molecular complexity index is 1400. The van der Waals surface area contributed by atoms with E-state index >= 15 is 0 Å². The lowest BCUT2D eigenvalue weighted by Crippen LogP contribution is -2.32. The van der Waals surface area contributed by atoms with Crippen molar-refractivity contribution in [3.63, 3.8) is 0 Å². The molecule has 0 saturated carbocycles. The zero-order valence-corrected chi connectivity index (χ0v) is 20.9. The summed E-state index contributed by atoms with van der Waals surface area (Å²) in [4.78, 5) is 35.8. The first-order valence-corrected chi connectivity index (χ1v) is 11.5. The van der Waals surface area contributed by atoms with Crippen LogP contribution in [0, 0.1) is 6.92 Å². The van der Waals surface area contributed by atoms with E-state index in [1.54, 1.807) is 36.3 Å². The molecular formula is C28H27ClN4O3. The first-order valence-electron chi connectivity index (χ1n) is 11.5. The minimum atomic E-state index is -0.154. The summed E-state index contributed by atoms with van der Waals surface area (Å²) in [6.45, 7) is 2.47. The van der Waals surface area contributed by atoms with E-state index in [9.17, 15) is 9.59 Å². The SMILES string of the molecule is COc1ccccc1CC(=O)Nc1ccc(C(=O)N2CCc3nc(C)[nH]c3-c3ccccc32)cc1.Cl. The number of carbonyl (C=O) groups is 2. The van der Waals surface area contributed by atoms with Crippen molar-refractivity contribution in [2.45, 2.75) is 19.8 Å². The van der Waals surface area contributed by atoms with Crippen LogP contribution in [0.3, 0.4) is 0 Å². The van der Waals surface area contributed by atoms with Crippen molar-refractivity contribution in [1.29, 1.82) is 0 Å². The third-order valence-corrected chi connectivity index (χ3v) is 6.14. The monoisotopic (exact) mass is 502 g/mol. The van der Waals surface area contributed by atoms with Crippen LogP contribution < -0.4 is 15.0 Å². The van der Waals surface area contributed by atoms with Gasteiger partial charge in [0.15, 0.2) is 0 Å². The van der Waals surface area contributed by atoms with Gasteiger partial charge in [0.1, 0.15) is 11.6 Å². The fourth-order valence-electron chi connectivity index (χ4n) is 4.49. The average Bonchev–Trinajstić information content (AvgIpc) is 3.18. The molecule has 0 bridgehead atoms. The van der Waals surface area contributed by atoms with Gasteiger partial charge in [-0.25, -0.2) is 4.98 Å². The molecule has 1 aliphatic rings. The van der Waals surface area contributed by atoms with Crippen LogP contribution in [0.2, 0.25) is 0 Å². The highest BCUT2D eigenvalue weighted by Crippen LogP contribution is 2.35. The van der Waals surface area contributed by atoms with Gasteiger partial charge in [-0.2, -0.15) is 0 Å². The number of nitrogens with one attached hydrogen (secondary N) is 2. The number of methoxy groups -OCH3 is 1. The number of anilines is 2. The molecule has 5 rings (SSSR count). The average molecular weight is 503 g/mol. The van der Waals surface area contributed by atoms with Crippen LogP contribution in [0.1, 0.15) is 27.4 Å². The number of hydrogen-bond donors (Lipinski definition) is 2. The maximum Gasteiger partial charge on any atom is 0.258 e. The molecule has 4 aromatic rings. The van der Waals surface area contributed by atoms with Crippen molar-refractivity contribution in [2.24, 2.45) is 0 Å². The van der Waals surface area contributed by atoms with Gasteiger partial charge in [0.2, 0.25) is 5.91 Å². The zero-order chi connectivity index (χ0) is 24.4. The number of halogens is 1. The van der Waals surface area contributed by atoms with E-state index in [4.69, 9.17) is 4.74 Å². The maximum absolute atomic E-state index is 13.5. The van der Waals surface area contributed by atoms with Crippen molar-refractivity contribution in [3.05, 3.63) is 95.4 Å². The molecule has 1 aromatic heterocycles. The number of benzene rings is 3. The molecule has 36 heavy (non-hydrogen) atoms. The molecule has 7 nitrogen and oxygen atoms in total. The Morgan fingerprint density at radius 3 is 2.53 bits per heavy atom. The van der Waals surface area contributed by atoms with E-state index in [-0.39, 0.29) is 30.6 Å². The van der Waals surface area contributed by atoms with E-state index in [2.05, 4.69) is 15.3 Å². The molecule has 8 heteroatoms. The normalized spacial score (nSPS) is 12.0. The highest BCUT2D eigenvalue weighted by molar-refractivity contribution is 6.08. The van der Waals surface area contributed by atoms with Crippen molar-refractivity contribution in [2.75, 3.05) is 23.9 Å². The second-order valence-corrected chi connectivity index (χ2v) is 8.48. The van der Waals surface area contributed by atoms with Gasteiger partial charge in [-0.3, -0.25) is 9.59 Å². The minimum Gasteiger partial charge on any atom is -0.496 e. The van der Waals surface area contributed by atoms with Crippen LogP contribution in [0.5, 0.6) is 5.75 Å². The van der Waals surface area contributed by atoms with Gasteiger partial charge in [0.05, 0.1) is 30.6 Å². The van der Waals surface area contributed by atoms with Crippen molar-refractivity contribution >= 4 is 35.6 Å². The molecule has 2 N–H and O–H groups in total. The predicted octanol–water partition coefficient (Wildman–Crippen LogP) is 5.20. The van der Waals surface area contributed by atoms with Gasteiger partial charge in [0, 0.05) is 35.3 Å². The molecule has 3 aromatic carbocycles. The highest BCUT2D eigenvalue weighted by atomic mass is 35.5. The van der Waals surface area contributed by atoms with Crippen LogP contribution in [0.25, 0.3) is 11.3 Å². The summed E-state index contributed by atoms with van der Waals surface area (Å²) in [5.41, 5.74) is 5.77. The fourth-order valence-corrected chi connectivity index (χ4v) is 4.49. The smallest absolute Gasteiger partial charge is 0.258 e. The lowest BCUT2D eigenvalue weighted by atomic mass is 10.1. The first-order chi connectivity index (χ1) is 17.0. The van der Waals surface area contributed by atoms with Crippen molar-refractivity contribution < 1.29 is 14.3 Å². The second kappa shape index (κ2) is 10.7. The van der Waals surface area contributed by atoms with Crippen LogP contribution in [0.4, 0.5) is 11.4 Å². The van der Waals surface area contributed by atoms with Crippen LogP contribution in [0.15, 0.2) is 72.8 Å². The summed E-state index contributed by atoms with van der Waals surface area (Å²) in [5.74, 6) is 1.30. The van der Waals surface area contributed by atoms with Gasteiger partial charge < -0.3 is 19.9 Å². The summed E-state index contributed by atoms with van der Waals surface area (Å²) in [6.07, 6.45) is 0.861. The van der Waals surface area contributed by atoms with Gasteiger partial charge in [-0.15, -0.1) is 12.4 Å². The number of para-hydroxylation sites is 2.